The first-order valence-corrected chi connectivity index (χ1v) is 14.8. The second-order valence-electron chi connectivity index (χ2n) is 10.5. The first-order chi connectivity index (χ1) is 19.9. The van der Waals surface area contributed by atoms with Gasteiger partial charge >= 0.3 is 6.18 Å². The summed E-state index contributed by atoms with van der Waals surface area (Å²) in [6.45, 7) is -0.250. The number of ether oxygens (including phenoxy) is 1. The Kier molecular flexibility index (Phi) is 9.67. The lowest BCUT2D eigenvalue weighted by molar-refractivity contribution is -0.137. The van der Waals surface area contributed by atoms with Gasteiger partial charge in [-0.2, -0.15) is 13.2 Å². The minimum absolute atomic E-state index is 0.0211. The Morgan fingerprint density at radius 1 is 1.07 bits per heavy atom. The molecule has 0 bridgehead atoms. The average molecular weight is 608 g/mol. The van der Waals surface area contributed by atoms with Crippen LogP contribution in [0.1, 0.15) is 60.6 Å². The van der Waals surface area contributed by atoms with E-state index in [1.165, 1.54) is 36.9 Å². The Morgan fingerprint density at radius 3 is 2.40 bits per heavy atom. The Bertz CT molecular complexity index is 1470. The molecule has 3 aromatic rings. The van der Waals surface area contributed by atoms with Crippen LogP contribution in [0, 0.1) is 0 Å². The van der Waals surface area contributed by atoms with Crippen molar-refractivity contribution in [3.8, 4) is 5.88 Å². The Labute approximate surface area is 242 Å². The molecule has 0 amide bonds. The number of anilines is 1. The molecule has 0 aliphatic heterocycles. The summed E-state index contributed by atoms with van der Waals surface area (Å²) in [4.78, 5) is 22.6. The first-order valence-electron chi connectivity index (χ1n) is 13.3. The molecule has 2 aliphatic rings. The number of pyridine rings is 1. The second-order valence-corrected chi connectivity index (χ2v) is 12.1. The van der Waals surface area contributed by atoms with Crippen LogP contribution in [0.5, 0.6) is 5.88 Å². The molecule has 0 radical (unpaired) electrons. The number of likely N-dealkylation sites (N-methyl/N-ethyl adjacent to an activating group) is 1. The highest BCUT2D eigenvalue weighted by Crippen LogP contribution is 2.45. The van der Waals surface area contributed by atoms with E-state index in [2.05, 4.69) is 19.7 Å². The van der Waals surface area contributed by atoms with Crippen molar-refractivity contribution in [1.29, 1.82) is 0 Å². The molecule has 5 rings (SSSR count). The van der Waals surface area contributed by atoms with Gasteiger partial charge in [-0.15, -0.1) is 0 Å². The maximum absolute atomic E-state index is 13.3. The van der Waals surface area contributed by atoms with Gasteiger partial charge in [0.2, 0.25) is 5.88 Å². The minimum atomic E-state index is -4.38. The van der Waals surface area contributed by atoms with Crippen LogP contribution in [0.4, 0.5) is 19.0 Å². The van der Waals surface area contributed by atoms with Crippen LogP contribution in [0.25, 0.3) is 0 Å². The number of carbonyl (C=O) groups is 1. The van der Waals surface area contributed by atoms with E-state index < -0.39 is 21.8 Å². The first kappa shape index (κ1) is 31.2. The van der Waals surface area contributed by atoms with E-state index in [-0.39, 0.29) is 41.2 Å². The maximum atomic E-state index is 13.3. The predicted molar refractivity (Wildman–Crippen MR) is 148 cm³/mol. The SMILES string of the molecule is CN(C)C1CC(c2cccc(C(F)(F)F)c2)CCC1Oc1ncc(S(=O)(=O)Nc2ccncn2)cc1C1CC1.O=CO. The van der Waals surface area contributed by atoms with Gasteiger partial charge in [0.05, 0.1) is 11.8 Å². The molecule has 1 aromatic carbocycles. The van der Waals surface area contributed by atoms with Crippen molar-refractivity contribution in [2.45, 2.75) is 67.2 Å². The van der Waals surface area contributed by atoms with Crippen molar-refractivity contribution in [3.63, 3.8) is 0 Å². The van der Waals surface area contributed by atoms with Gasteiger partial charge in [0.15, 0.2) is 0 Å². The Morgan fingerprint density at radius 2 is 1.79 bits per heavy atom. The van der Waals surface area contributed by atoms with Gasteiger partial charge in [0.1, 0.15) is 23.1 Å². The second kappa shape index (κ2) is 13.0. The number of aromatic nitrogens is 3. The standard InChI is InChI=1S/C27H30F3N5O3S.CH2O2/c1-35(2)23-13-19(18-4-3-5-20(12-18)27(28,29)30)8-9-24(23)38-26-22(17-6-7-17)14-21(15-32-26)39(36,37)34-25-10-11-31-16-33-25;2-1-3/h3-5,10-12,14-17,19,23-24H,6-9,13H2,1-2H3,(H,31,33,34);1H,(H,2,3). The monoisotopic (exact) mass is 607 g/mol. The lowest BCUT2D eigenvalue weighted by atomic mass is 9.79. The molecular formula is C28H32F3N5O5S. The normalized spacial score (nSPS) is 20.8. The predicted octanol–water partition coefficient (Wildman–Crippen LogP) is 4.91. The molecule has 0 spiro atoms. The maximum Gasteiger partial charge on any atom is 0.416 e. The van der Waals surface area contributed by atoms with E-state index in [1.54, 1.807) is 12.1 Å². The highest BCUT2D eigenvalue weighted by Gasteiger charge is 2.38. The molecule has 10 nitrogen and oxygen atoms in total. The summed E-state index contributed by atoms with van der Waals surface area (Å²) < 4.78 is 74.7. The molecule has 2 N–H and O–H groups in total. The molecule has 2 heterocycles. The molecule has 2 aliphatic carbocycles. The van der Waals surface area contributed by atoms with Crippen molar-refractivity contribution in [3.05, 3.63) is 71.8 Å². The number of hydrogen-bond acceptors (Lipinski definition) is 8. The van der Waals surface area contributed by atoms with Crippen molar-refractivity contribution in [2.24, 2.45) is 0 Å². The minimum Gasteiger partial charge on any atom is -0.483 e. The number of carboxylic acid groups (broad SMARTS) is 1. The zero-order chi connectivity index (χ0) is 30.5. The summed E-state index contributed by atoms with van der Waals surface area (Å²) in [5, 5.41) is 6.89. The highest BCUT2D eigenvalue weighted by molar-refractivity contribution is 7.92. The topological polar surface area (TPSA) is 135 Å². The third-order valence-corrected chi connectivity index (χ3v) is 8.69. The van der Waals surface area contributed by atoms with E-state index >= 15 is 0 Å². The van der Waals surface area contributed by atoms with Gasteiger partial charge < -0.3 is 14.7 Å². The molecule has 42 heavy (non-hydrogen) atoms. The number of rotatable bonds is 8. The number of sulfonamides is 1. The summed E-state index contributed by atoms with van der Waals surface area (Å²) in [7, 11) is -0.0547. The fraction of sp³-hybridized carbons (Fsp3) is 0.429. The molecule has 2 aromatic heterocycles. The van der Waals surface area contributed by atoms with E-state index in [0.717, 1.165) is 24.5 Å². The Hall–Kier alpha value is -3.78. The lowest BCUT2D eigenvalue weighted by Crippen LogP contribution is -2.46. The molecule has 3 atom stereocenters. The van der Waals surface area contributed by atoms with Gasteiger partial charge in [0, 0.05) is 17.8 Å². The van der Waals surface area contributed by atoms with Crippen molar-refractivity contribution < 1.29 is 36.2 Å². The third kappa shape index (κ3) is 7.73. The molecule has 14 heteroatoms. The summed E-state index contributed by atoms with van der Waals surface area (Å²) in [6.07, 6.45) is 3.12. The van der Waals surface area contributed by atoms with Gasteiger partial charge in [-0.1, -0.05) is 18.2 Å². The molecular weight excluding hydrogens is 575 g/mol. The number of hydrogen-bond donors (Lipinski definition) is 2. The van der Waals surface area contributed by atoms with Gasteiger partial charge in [-0.05, 0) is 81.8 Å². The summed E-state index contributed by atoms with van der Waals surface area (Å²) in [6, 6.07) is 8.58. The summed E-state index contributed by atoms with van der Waals surface area (Å²) in [5.41, 5.74) is 0.790. The highest BCUT2D eigenvalue weighted by atomic mass is 32.2. The van der Waals surface area contributed by atoms with Crippen LogP contribution in [0.2, 0.25) is 0 Å². The third-order valence-electron chi connectivity index (χ3n) is 7.37. The fourth-order valence-electron chi connectivity index (χ4n) is 5.14. The van der Waals surface area contributed by atoms with E-state index in [1.807, 2.05) is 19.0 Å². The van der Waals surface area contributed by atoms with Crippen molar-refractivity contribution in [1.82, 2.24) is 19.9 Å². The number of halogens is 3. The molecule has 3 unspecified atom stereocenters. The summed E-state index contributed by atoms with van der Waals surface area (Å²) >= 11 is 0. The summed E-state index contributed by atoms with van der Waals surface area (Å²) in [5.74, 6) is 0.703. The van der Waals surface area contributed by atoms with Gasteiger partial charge in [-0.25, -0.2) is 23.4 Å². The van der Waals surface area contributed by atoms with E-state index in [4.69, 9.17) is 14.6 Å². The van der Waals surface area contributed by atoms with Crippen LogP contribution >= 0.6 is 0 Å². The molecule has 0 saturated heterocycles. The largest absolute Gasteiger partial charge is 0.483 e. The number of benzene rings is 1. The molecule has 2 saturated carbocycles. The fourth-order valence-corrected chi connectivity index (χ4v) is 6.13. The van der Waals surface area contributed by atoms with Crippen LogP contribution < -0.4 is 9.46 Å². The molecule has 2 fully saturated rings. The van der Waals surface area contributed by atoms with Crippen LogP contribution in [-0.2, 0) is 21.0 Å². The van der Waals surface area contributed by atoms with Crippen LogP contribution in [0.15, 0.2) is 60.0 Å². The van der Waals surface area contributed by atoms with E-state index in [0.29, 0.717) is 30.7 Å². The molecule has 226 valence electrons. The zero-order valence-corrected chi connectivity index (χ0v) is 23.8. The smallest absolute Gasteiger partial charge is 0.416 e. The number of alkyl halides is 3. The Balaban J connectivity index is 0.00000129. The zero-order valence-electron chi connectivity index (χ0n) is 23.0. The number of nitrogens with zero attached hydrogens (tertiary/aromatic N) is 4. The van der Waals surface area contributed by atoms with Gasteiger partial charge in [0.25, 0.3) is 16.5 Å². The van der Waals surface area contributed by atoms with Crippen LogP contribution in [-0.4, -0.2) is 66.1 Å². The average Bonchev–Trinajstić information content (AvgIpc) is 3.79. The van der Waals surface area contributed by atoms with E-state index in [9.17, 15) is 21.6 Å². The van der Waals surface area contributed by atoms with Gasteiger partial charge in [-0.3, -0.25) is 9.52 Å². The lowest BCUT2D eigenvalue weighted by Gasteiger charge is -2.40. The van der Waals surface area contributed by atoms with Crippen molar-refractivity contribution in [2.75, 3.05) is 18.8 Å². The van der Waals surface area contributed by atoms with Crippen LogP contribution in [0.3, 0.4) is 0 Å². The number of nitrogens with one attached hydrogen (secondary N) is 1. The van der Waals surface area contributed by atoms with Crippen molar-refractivity contribution >= 4 is 22.3 Å². The quantitative estimate of drug-likeness (QED) is 0.342.